The fourth-order valence-electron chi connectivity index (χ4n) is 3.86. The highest BCUT2D eigenvalue weighted by atomic mass is 15.2. The molecular weight excluding hydrogens is 244 g/mol. The summed E-state index contributed by atoms with van der Waals surface area (Å²) in [6.45, 7) is 17.8. The van der Waals surface area contributed by atoms with Gasteiger partial charge in [-0.15, -0.1) is 0 Å². The molecule has 20 heavy (non-hydrogen) atoms. The lowest BCUT2D eigenvalue weighted by Crippen LogP contribution is -2.54. The smallest absolute Gasteiger partial charge is 0.0252 e. The maximum Gasteiger partial charge on any atom is 0.0252 e. The highest BCUT2D eigenvalue weighted by Gasteiger charge is 2.37. The van der Waals surface area contributed by atoms with Gasteiger partial charge >= 0.3 is 0 Å². The standard InChI is InChI=1S/C18H38N2/c1-7-12-20(13-8-2)17-14-15(18(4,5)6)10-11-16(17)19-9-3/h15-17,19H,7-14H2,1-6H3. The molecule has 1 rings (SSSR count). The summed E-state index contributed by atoms with van der Waals surface area (Å²) in [5, 5.41) is 3.76. The number of hydrogen-bond donors (Lipinski definition) is 1. The van der Waals surface area contributed by atoms with Gasteiger partial charge in [0.25, 0.3) is 0 Å². The Balaban J connectivity index is 2.80. The van der Waals surface area contributed by atoms with Crippen LogP contribution in [0, 0.1) is 11.3 Å². The van der Waals surface area contributed by atoms with Crippen LogP contribution in [0.2, 0.25) is 0 Å². The summed E-state index contributed by atoms with van der Waals surface area (Å²) in [7, 11) is 0. The first-order valence-electron chi connectivity index (χ1n) is 8.91. The van der Waals surface area contributed by atoms with E-state index >= 15 is 0 Å². The topological polar surface area (TPSA) is 15.3 Å². The van der Waals surface area contributed by atoms with E-state index in [4.69, 9.17) is 0 Å². The van der Waals surface area contributed by atoms with Gasteiger partial charge in [-0.3, -0.25) is 4.90 Å². The Morgan fingerprint density at radius 3 is 2.05 bits per heavy atom. The van der Waals surface area contributed by atoms with Crippen LogP contribution < -0.4 is 5.32 Å². The van der Waals surface area contributed by atoms with Crippen LogP contribution in [0.15, 0.2) is 0 Å². The Labute approximate surface area is 127 Å². The lowest BCUT2D eigenvalue weighted by molar-refractivity contribution is 0.0583. The molecule has 2 nitrogen and oxygen atoms in total. The Morgan fingerprint density at radius 2 is 1.60 bits per heavy atom. The minimum absolute atomic E-state index is 0.458. The minimum atomic E-state index is 0.458. The first-order chi connectivity index (χ1) is 9.43. The molecule has 0 bridgehead atoms. The largest absolute Gasteiger partial charge is 0.313 e. The summed E-state index contributed by atoms with van der Waals surface area (Å²) in [5.74, 6) is 0.874. The van der Waals surface area contributed by atoms with Gasteiger partial charge < -0.3 is 5.32 Å². The molecule has 1 aliphatic carbocycles. The van der Waals surface area contributed by atoms with Gasteiger partial charge in [0.15, 0.2) is 0 Å². The molecule has 0 aromatic rings. The first-order valence-corrected chi connectivity index (χ1v) is 8.91. The Morgan fingerprint density at radius 1 is 1.00 bits per heavy atom. The summed E-state index contributed by atoms with van der Waals surface area (Å²) in [5.41, 5.74) is 0.458. The van der Waals surface area contributed by atoms with Crippen molar-refractivity contribution in [2.24, 2.45) is 11.3 Å². The minimum Gasteiger partial charge on any atom is -0.313 e. The highest BCUT2D eigenvalue weighted by Crippen LogP contribution is 2.39. The van der Waals surface area contributed by atoms with Crippen LogP contribution >= 0.6 is 0 Å². The van der Waals surface area contributed by atoms with Crippen molar-refractivity contribution in [2.45, 2.75) is 85.7 Å². The molecule has 0 saturated heterocycles. The Kier molecular flexibility index (Phi) is 7.53. The average Bonchev–Trinajstić information content (AvgIpc) is 2.38. The third kappa shape index (κ3) is 5.04. The predicted octanol–water partition coefficient (Wildman–Crippen LogP) is 4.30. The van der Waals surface area contributed by atoms with Gasteiger partial charge in [0, 0.05) is 12.1 Å². The van der Waals surface area contributed by atoms with Gasteiger partial charge in [-0.25, -0.2) is 0 Å². The maximum atomic E-state index is 3.76. The van der Waals surface area contributed by atoms with Crippen molar-refractivity contribution in [3.63, 3.8) is 0 Å². The number of rotatable bonds is 7. The van der Waals surface area contributed by atoms with Crippen molar-refractivity contribution in [3.05, 3.63) is 0 Å². The van der Waals surface area contributed by atoms with Gasteiger partial charge in [0.05, 0.1) is 0 Å². The fraction of sp³-hybridized carbons (Fsp3) is 1.00. The molecule has 0 spiro atoms. The summed E-state index contributed by atoms with van der Waals surface area (Å²) in [4.78, 5) is 2.77. The van der Waals surface area contributed by atoms with E-state index in [-0.39, 0.29) is 0 Å². The average molecular weight is 283 g/mol. The molecule has 0 aromatic heterocycles. The molecule has 2 heteroatoms. The zero-order chi connectivity index (χ0) is 15.2. The second kappa shape index (κ2) is 8.38. The molecule has 1 saturated carbocycles. The summed E-state index contributed by atoms with van der Waals surface area (Å²) < 4.78 is 0. The molecule has 1 aliphatic rings. The van der Waals surface area contributed by atoms with Crippen LogP contribution in [-0.2, 0) is 0 Å². The summed E-state index contributed by atoms with van der Waals surface area (Å²) in [6.07, 6.45) is 6.67. The lowest BCUT2D eigenvalue weighted by atomic mass is 9.69. The van der Waals surface area contributed by atoms with E-state index in [1.807, 2.05) is 0 Å². The van der Waals surface area contributed by atoms with Gasteiger partial charge in [-0.1, -0.05) is 41.5 Å². The molecule has 0 amide bonds. The van der Waals surface area contributed by atoms with Gasteiger partial charge in [0.1, 0.15) is 0 Å². The van der Waals surface area contributed by atoms with E-state index in [1.165, 1.54) is 45.2 Å². The zero-order valence-corrected chi connectivity index (χ0v) is 14.8. The van der Waals surface area contributed by atoms with Gasteiger partial charge in [0.2, 0.25) is 0 Å². The highest BCUT2D eigenvalue weighted by molar-refractivity contribution is 4.94. The maximum absolute atomic E-state index is 3.76. The van der Waals surface area contributed by atoms with Crippen LogP contribution in [0.4, 0.5) is 0 Å². The molecule has 1 fully saturated rings. The third-order valence-electron chi connectivity index (χ3n) is 5.00. The molecule has 1 N–H and O–H groups in total. The van der Waals surface area contributed by atoms with E-state index in [1.54, 1.807) is 0 Å². The molecule has 0 aliphatic heterocycles. The van der Waals surface area contributed by atoms with Crippen LogP contribution in [-0.4, -0.2) is 36.6 Å². The molecule has 120 valence electrons. The van der Waals surface area contributed by atoms with Crippen molar-refractivity contribution in [1.82, 2.24) is 10.2 Å². The van der Waals surface area contributed by atoms with Crippen LogP contribution in [0.1, 0.15) is 73.6 Å². The fourth-order valence-corrected chi connectivity index (χ4v) is 3.86. The zero-order valence-electron chi connectivity index (χ0n) is 14.8. The quantitative estimate of drug-likeness (QED) is 0.749. The van der Waals surface area contributed by atoms with Crippen molar-refractivity contribution in [1.29, 1.82) is 0 Å². The normalized spacial score (nSPS) is 28.1. The molecule has 0 radical (unpaired) electrons. The number of nitrogens with one attached hydrogen (secondary N) is 1. The van der Waals surface area contributed by atoms with Crippen LogP contribution in [0.3, 0.4) is 0 Å². The Hall–Kier alpha value is -0.0800. The number of hydrogen-bond acceptors (Lipinski definition) is 2. The monoisotopic (exact) mass is 282 g/mol. The van der Waals surface area contributed by atoms with Crippen molar-refractivity contribution >= 4 is 0 Å². The van der Waals surface area contributed by atoms with E-state index in [9.17, 15) is 0 Å². The van der Waals surface area contributed by atoms with Crippen molar-refractivity contribution in [2.75, 3.05) is 19.6 Å². The molecule has 3 unspecified atom stereocenters. The van der Waals surface area contributed by atoms with Crippen LogP contribution in [0.25, 0.3) is 0 Å². The second-order valence-corrected chi connectivity index (χ2v) is 7.64. The van der Waals surface area contributed by atoms with E-state index < -0.39 is 0 Å². The molecular formula is C18H38N2. The van der Waals surface area contributed by atoms with E-state index in [0.717, 1.165) is 18.5 Å². The van der Waals surface area contributed by atoms with Gasteiger partial charge in [-0.05, 0) is 63.1 Å². The lowest BCUT2D eigenvalue weighted by Gasteiger charge is -2.46. The van der Waals surface area contributed by atoms with Crippen LogP contribution in [0.5, 0.6) is 0 Å². The van der Waals surface area contributed by atoms with E-state index in [0.29, 0.717) is 11.5 Å². The summed E-state index contributed by atoms with van der Waals surface area (Å²) in [6, 6.07) is 1.45. The van der Waals surface area contributed by atoms with E-state index in [2.05, 4.69) is 51.8 Å². The summed E-state index contributed by atoms with van der Waals surface area (Å²) >= 11 is 0. The Bertz CT molecular complexity index is 251. The van der Waals surface area contributed by atoms with Crippen molar-refractivity contribution < 1.29 is 0 Å². The predicted molar refractivity (Wildman–Crippen MR) is 90.2 cm³/mol. The SMILES string of the molecule is CCCN(CCC)C1CC(C(C)(C)C)CCC1NCC. The van der Waals surface area contributed by atoms with Gasteiger partial charge in [-0.2, -0.15) is 0 Å². The first kappa shape index (κ1) is 18.0. The number of likely N-dealkylation sites (N-methyl/N-ethyl adjacent to an activating group) is 1. The molecule has 0 aromatic carbocycles. The third-order valence-corrected chi connectivity index (χ3v) is 5.00. The molecule has 3 atom stereocenters. The second-order valence-electron chi connectivity index (χ2n) is 7.64. The number of nitrogens with zero attached hydrogens (tertiary/aromatic N) is 1. The van der Waals surface area contributed by atoms with Crippen molar-refractivity contribution in [3.8, 4) is 0 Å². The molecule has 0 heterocycles.